The fourth-order valence-electron chi connectivity index (χ4n) is 3.89. The van der Waals surface area contributed by atoms with Crippen LogP contribution in [0, 0.1) is 0 Å². The molecule has 1 atom stereocenters. The second-order valence-electron chi connectivity index (χ2n) is 7.32. The number of hydrogen-bond acceptors (Lipinski definition) is 5. The van der Waals surface area contributed by atoms with Gasteiger partial charge < -0.3 is 4.74 Å². The average Bonchev–Trinajstić information content (AvgIpc) is 3.45. The first kappa shape index (κ1) is 18.8. The molecular formula is C24H21N3O2S. The molecular weight excluding hydrogens is 394 g/mol. The van der Waals surface area contributed by atoms with Gasteiger partial charge >= 0.3 is 6.09 Å². The van der Waals surface area contributed by atoms with E-state index in [9.17, 15) is 4.79 Å². The quantitative estimate of drug-likeness (QED) is 0.421. The highest BCUT2D eigenvalue weighted by Gasteiger charge is 2.33. The van der Waals surface area contributed by atoms with Crippen LogP contribution in [0.5, 0.6) is 0 Å². The van der Waals surface area contributed by atoms with Gasteiger partial charge in [0.2, 0.25) is 0 Å². The lowest BCUT2D eigenvalue weighted by Crippen LogP contribution is -2.31. The second kappa shape index (κ2) is 8.24. The van der Waals surface area contributed by atoms with Crippen LogP contribution in [0.4, 0.5) is 4.79 Å². The molecule has 2 aromatic heterocycles. The number of aromatic nitrogens is 2. The van der Waals surface area contributed by atoms with Crippen molar-refractivity contribution in [2.45, 2.75) is 25.5 Å². The summed E-state index contributed by atoms with van der Waals surface area (Å²) in [5.41, 5.74) is 4.07. The van der Waals surface area contributed by atoms with E-state index in [1.54, 1.807) is 11.3 Å². The van der Waals surface area contributed by atoms with Gasteiger partial charge in [0, 0.05) is 18.3 Å². The van der Waals surface area contributed by atoms with Crippen LogP contribution in [0.15, 0.2) is 72.9 Å². The van der Waals surface area contributed by atoms with Gasteiger partial charge in [0.1, 0.15) is 22.0 Å². The molecule has 0 N–H and O–H groups in total. The van der Waals surface area contributed by atoms with Gasteiger partial charge in [0.25, 0.3) is 0 Å². The fourth-order valence-corrected chi connectivity index (χ4v) is 4.97. The van der Waals surface area contributed by atoms with Gasteiger partial charge in [-0.2, -0.15) is 0 Å². The molecule has 5 rings (SSSR count). The number of ether oxygens (including phenoxy) is 1. The molecule has 3 heterocycles. The van der Waals surface area contributed by atoms with Crippen molar-refractivity contribution in [3.8, 4) is 11.1 Å². The Morgan fingerprint density at radius 1 is 1.07 bits per heavy atom. The molecule has 0 spiro atoms. The van der Waals surface area contributed by atoms with Gasteiger partial charge in [-0.15, -0.1) is 0 Å². The molecule has 0 saturated carbocycles. The third-order valence-electron chi connectivity index (χ3n) is 5.38. The van der Waals surface area contributed by atoms with E-state index < -0.39 is 0 Å². The van der Waals surface area contributed by atoms with Crippen molar-refractivity contribution in [1.29, 1.82) is 0 Å². The zero-order valence-corrected chi connectivity index (χ0v) is 17.2. The first-order valence-corrected chi connectivity index (χ1v) is 10.9. The van der Waals surface area contributed by atoms with Crippen LogP contribution in [0.25, 0.3) is 21.5 Å². The molecule has 1 saturated heterocycles. The van der Waals surface area contributed by atoms with Crippen molar-refractivity contribution >= 4 is 27.8 Å². The van der Waals surface area contributed by atoms with Crippen molar-refractivity contribution < 1.29 is 9.53 Å². The highest BCUT2D eigenvalue weighted by molar-refractivity contribution is 7.18. The van der Waals surface area contributed by atoms with Gasteiger partial charge in [-0.3, -0.25) is 4.90 Å². The molecule has 1 aliphatic heterocycles. The summed E-state index contributed by atoms with van der Waals surface area (Å²) in [5, 5.41) is 0.926. The maximum atomic E-state index is 12.8. The van der Waals surface area contributed by atoms with Crippen LogP contribution in [-0.4, -0.2) is 27.5 Å². The van der Waals surface area contributed by atoms with Gasteiger partial charge in [-0.05, 0) is 30.0 Å². The molecule has 2 aromatic carbocycles. The summed E-state index contributed by atoms with van der Waals surface area (Å²) in [6, 6.07) is 21.9. The highest BCUT2D eigenvalue weighted by atomic mass is 32.1. The number of pyridine rings is 1. The molecule has 6 heteroatoms. The van der Waals surface area contributed by atoms with Crippen LogP contribution < -0.4 is 0 Å². The number of carbonyl (C=O) groups is 1. The average molecular weight is 416 g/mol. The summed E-state index contributed by atoms with van der Waals surface area (Å²) >= 11 is 1.57. The van der Waals surface area contributed by atoms with Crippen molar-refractivity contribution in [2.75, 3.05) is 6.54 Å². The summed E-state index contributed by atoms with van der Waals surface area (Å²) in [4.78, 5) is 24.9. The highest BCUT2D eigenvalue weighted by Crippen LogP contribution is 2.38. The van der Waals surface area contributed by atoms with Crippen LogP contribution in [-0.2, 0) is 11.3 Å². The van der Waals surface area contributed by atoms with E-state index in [0.29, 0.717) is 6.54 Å². The number of carbonyl (C=O) groups excluding carboxylic acids is 1. The number of hydrogen-bond donors (Lipinski definition) is 0. The largest absolute Gasteiger partial charge is 0.445 e. The molecule has 1 amide bonds. The number of rotatable bonds is 4. The summed E-state index contributed by atoms with van der Waals surface area (Å²) in [6.45, 7) is 0.968. The molecule has 4 aromatic rings. The number of likely N-dealkylation sites (tertiary alicyclic amines) is 1. The molecule has 1 aliphatic rings. The summed E-state index contributed by atoms with van der Waals surface area (Å²) < 4.78 is 5.58. The Morgan fingerprint density at radius 2 is 1.83 bits per heavy atom. The normalized spacial score (nSPS) is 16.1. The molecule has 1 fully saturated rings. The first-order valence-electron chi connectivity index (χ1n) is 10.1. The van der Waals surface area contributed by atoms with E-state index in [-0.39, 0.29) is 18.7 Å². The topological polar surface area (TPSA) is 55.3 Å². The zero-order valence-electron chi connectivity index (χ0n) is 16.4. The number of thiazole rings is 1. The number of fused-ring (bicyclic) bond motifs is 1. The van der Waals surface area contributed by atoms with E-state index in [2.05, 4.69) is 17.1 Å². The van der Waals surface area contributed by atoms with Crippen molar-refractivity contribution in [1.82, 2.24) is 14.9 Å². The van der Waals surface area contributed by atoms with E-state index in [1.165, 1.54) is 0 Å². The third kappa shape index (κ3) is 3.66. The molecule has 0 bridgehead atoms. The van der Waals surface area contributed by atoms with Gasteiger partial charge in [-0.25, -0.2) is 14.8 Å². The van der Waals surface area contributed by atoms with E-state index in [4.69, 9.17) is 9.72 Å². The van der Waals surface area contributed by atoms with Gasteiger partial charge in [-0.1, -0.05) is 72.0 Å². The van der Waals surface area contributed by atoms with E-state index in [1.807, 2.05) is 65.7 Å². The number of benzene rings is 2. The predicted octanol–water partition coefficient (Wildman–Crippen LogP) is 5.83. The second-order valence-corrected chi connectivity index (χ2v) is 8.33. The smallest absolute Gasteiger partial charge is 0.410 e. The minimum absolute atomic E-state index is 0.0592. The Labute approximate surface area is 179 Å². The summed E-state index contributed by atoms with van der Waals surface area (Å²) in [7, 11) is 0. The van der Waals surface area contributed by atoms with Gasteiger partial charge in [0.15, 0.2) is 0 Å². The van der Waals surface area contributed by atoms with Crippen LogP contribution >= 0.6 is 11.3 Å². The van der Waals surface area contributed by atoms with Crippen LogP contribution in [0.1, 0.15) is 29.5 Å². The zero-order chi connectivity index (χ0) is 20.3. The standard InChI is InChI=1S/C24H21N3O2S/c28-24(29-16-17-8-3-1-4-9-17)27-15-7-12-20(27)22-26-21-19(13-14-25-23(21)30-22)18-10-5-2-6-11-18/h1-6,8-11,13-14,20H,7,12,15-16H2/t20-/m0/s1. The number of nitrogens with zero attached hydrogens (tertiary/aromatic N) is 3. The maximum Gasteiger partial charge on any atom is 0.410 e. The fraction of sp³-hybridized carbons (Fsp3) is 0.208. The Balaban J connectivity index is 1.40. The van der Waals surface area contributed by atoms with Crippen molar-refractivity contribution in [2.24, 2.45) is 0 Å². The summed E-state index contributed by atoms with van der Waals surface area (Å²) in [6.07, 6.45) is 3.38. The number of amides is 1. The van der Waals surface area contributed by atoms with Gasteiger partial charge in [0.05, 0.1) is 6.04 Å². The van der Waals surface area contributed by atoms with E-state index in [0.717, 1.165) is 44.9 Å². The third-order valence-corrected chi connectivity index (χ3v) is 6.44. The Hall–Kier alpha value is -3.25. The SMILES string of the molecule is O=C(OCc1ccccc1)N1CCC[C@H]1c1nc2c(-c3ccccc3)ccnc2s1. The lowest BCUT2D eigenvalue weighted by Gasteiger charge is -2.22. The summed E-state index contributed by atoms with van der Waals surface area (Å²) in [5.74, 6) is 0. The Bertz CT molecular complexity index is 1160. The molecule has 0 radical (unpaired) electrons. The minimum atomic E-state index is -0.281. The minimum Gasteiger partial charge on any atom is -0.445 e. The Kier molecular flexibility index (Phi) is 5.15. The molecule has 0 aliphatic carbocycles. The predicted molar refractivity (Wildman–Crippen MR) is 118 cm³/mol. The molecule has 150 valence electrons. The maximum absolute atomic E-state index is 12.8. The lowest BCUT2D eigenvalue weighted by atomic mass is 10.1. The molecule has 30 heavy (non-hydrogen) atoms. The van der Waals surface area contributed by atoms with Crippen molar-refractivity contribution in [3.05, 3.63) is 83.5 Å². The Morgan fingerprint density at radius 3 is 2.63 bits per heavy atom. The molecule has 5 nitrogen and oxygen atoms in total. The van der Waals surface area contributed by atoms with E-state index >= 15 is 0 Å². The van der Waals surface area contributed by atoms with Crippen molar-refractivity contribution in [3.63, 3.8) is 0 Å². The molecule has 0 unspecified atom stereocenters. The monoisotopic (exact) mass is 415 g/mol. The lowest BCUT2D eigenvalue weighted by molar-refractivity contribution is 0.0920. The first-order chi connectivity index (χ1) is 14.8. The van der Waals surface area contributed by atoms with Crippen LogP contribution in [0.2, 0.25) is 0 Å². The van der Waals surface area contributed by atoms with Crippen LogP contribution in [0.3, 0.4) is 0 Å².